The fourth-order valence-corrected chi connectivity index (χ4v) is 6.68. The van der Waals surface area contributed by atoms with Crippen LogP contribution in [0, 0.1) is 18.8 Å². The minimum atomic E-state index is 0.528. The topological polar surface area (TPSA) is 3.88 Å². The summed E-state index contributed by atoms with van der Waals surface area (Å²) in [7, 11) is 2.21. The Bertz CT molecular complexity index is 1140. The van der Waals surface area contributed by atoms with Crippen LogP contribution in [0.2, 0.25) is 0 Å². The SMILES string of the molecule is Cc1c(-c2c3ccc(C4CC5CCC4CC5)cc3cc[n+]2C)cc(C(C)C)cc1C(C)C. The van der Waals surface area contributed by atoms with E-state index in [0.29, 0.717) is 11.8 Å². The van der Waals surface area contributed by atoms with Crippen LogP contribution in [0.1, 0.15) is 99.8 Å². The second-order valence-electron chi connectivity index (χ2n) is 11.3. The van der Waals surface area contributed by atoms with Gasteiger partial charge in [0, 0.05) is 6.07 Å². The molecular formula is C31H40N+. The van der Waals surface area contributed by atoms with Crippen LogP contribution in [0.15, 0.2) is 42.6 Å². The quantitative estimate of drug-likeness (QED) is 0.370. The van der Waals surface area contributed by atoms with Crippen molar-refractivity contribution in [2.75, 3.05) is 0 Å². The van der Waals surface area contributed by atoms with Crippen LogP contribution in [-0.2, 0) is 7.05 Å². The van der Waals surface area contributed by atoms with Gasteiger partial charge in [0.25, 0.3) is 0 Å². The van der Waals surface area contributed by atoms with Crippen LogP contribution in [-0.4, -0.2) is 0 Å². The smallest absolute Gasteiger partial charge is 0.200 e. The van der Waals surface area contributed by atoms with Gasteiger partial charge in [0.15, 0.2) is 6.20 Å². The zero-order valence-corrected chi connectivity index (χ0v) is 20.9. The second kappa shape index (κ2) is 8.32. The van der Waals surface area contributed by atoms with Crippen molar-refractivity contribution in [2.45, 2.75) is 84.5 Å². The summed E-state index contributed by atoms with van der Waals surface area (Å²) in [6, 6.07) is 14.6. The van der Waals surface area contributed by atoms with Crippen molar-refractivity contribution in [3.05, 3.63) is 64.8 Å². The zero-order chi connectivity index (χ0) is 22.6. The lowest BCUT2D eigenvalue weighted by molar-refractivity contribution is -0.659. The van der Waals surface area contributed by atoms with Crippen molar-refractivity contribution in [3.8, 4) is 11.3 Å². The van der Waals surface area contributed by atoms with E-state index < -0.39 is 0 Å². The van der Waals surface area contributed by atoms with E-state index in [1.54, 1.807) is 5.56 Å². The van der Waals surface area contributed by atoms with E-state index >= 15 is 0 Å². The number of hydrogen-bond acceptors (Lipinski definition) is 0. The van der Waals surface area contributed by atoms with E-state index in [1.165, 1.54) is 70.8 Å². The average molecular weight is 427 g/mol. The minimum Gasteiger partial charge on any atom is -0.200 e. The van der Waals surface area contributed by atoms with Crippen LogP contribution in [0.4, 0.5) is 0 Å². The molecule has 1 unspecified atom stereocenters. The maximum Gasteiger partial charge on any atom is 0.220 e. The van der Waals surface area contributed by atoms with Crippen LogP contribution in [0.3, 0.4) is 0 Å². The van der Waals surface area contributed by atoms with Crippen molar-refractivity contribution in [2.24, 2.45) is 18.9 Å². The Hall–Kier alpha value is -2.15. The molecule has 0 spiro atoms. The fourth-order valence-electron chi connectivity index (χ4n) is 6.68. The molecule has 3 saturated carbocycles. The number of aryl methyl sites for hydroxylation is 1. The predicted octanol–water partition coefficient (Wildman–Crippen LogP) is 8.18. The van der Waals surface area contributed by atoms with Crippen molar-refractivity contribution in [1.29, 1.82) is 0 Å². The van der Waals surface area contributed by atoms with Gasteiger partial charge in [-0.25, -0.2) is 4.57 Å². The molecule has 0 amide bonds. The Morgan fingerprint density at radius 2 is 1.62 bits per heavy atom. The lowest BCUT2D eigenvalue weighted by Gasteiger charge is -2.42. The largest absolute Gasteiger partial charge is 0.220 e. The summed E-state index contributed by atoms with van der Waals surface area (Å²) in [5, 5.41) is 2.79. The van der Waals surface area contributed by atoms with Gasteiger partial charge in [0.1, 0.15) is 7.05 Å². The molecule has 2 bridgehead atoms. The molecule has 168 valence electrons. The lowest BCUT2D eigenvalue weighted by Crippen LogP contribution is -2.31. The molecule has 3 fully saturated rings. The van der Waals surface area contributed by atoms with Crippen LogP contribution < -0.4 is 4.57 Å². The molecule has 1 nitrogen and oxygen atoms in total. The van der Waals surface area contributed by atoms with Crippen molar-refractivity contribution < 1.29 is 4.57 Å². The molecule has 6 rings (SSSR count). The number of rotatable bonds is 4. The van der Waals surface area contributed by atoms with Crippen molar-refractivity contribution >= 4 is 10.8 Å². The summed E-state index contributed by atoms with van der Waals surface area (Å²) < 4.78 is 2.33. The van der Waals surface area contributed by atoms with Gasteiger partial charge in [-0.05, 0) is 95.5 Å². The maximum atomic E-state index is 2.52. The standard InChI is InChI=1S/C31H40N/c1-19(2)26-17-28(20(3)4)21(5)29(18-26)31-27-12-11-24(16-25(27)13-14-32(31)6)30-15-22-7-9-23(30)10-8-22/h11-14,16-20,22-23,30H,7-10,15H2,1-6H3/q+1. The van der Waals surface area contributed by atoms with Crippen LogP contribution in [0.25, 0.3) is 22.0 Å². The Morgan fingerprint density at radius 3 is 2.25 bits per heavy atom. The van der Waals surface area contributed by atoms with E-state index in [-0.39, 0.29) is 0 Å². The first-order chi connectivity index (χ1) is 15.3. The second-order valence-corrected chi connectivity index (χ2v) is 11.3. The fraction of sp³-hybridized carbons (Fsp3) is 0.516. The highest BCUT2D eigenvalue weighted by atomic mass is 14.9. The highest BCUT2D eigenvalue weighted by molar-refractivity contribution is 5.94. The molecule has 3 aliphatic rings. The highest BCUT2D eigenvalue weighted by Gasteiger charge is 2.36. The molecule has 1 atom stereocenters. The first-order valence-electron chi connectivity index (χ1n) is 12.9. The lowest BCUT2D eigenvalue weighted by atomic mass is 9.63. The Kier molecular flexibility index (Phi) is 5.64. The van der Waals surface area contributed by atoms with E-state index in [2.05, 4.69) is 88.8 Å². The minimum absolute atomic E-state index is 0.528. The molecule has 3 aliphatic carbocycles. The molecule has 1 heteroatoms. The first kappa shape index (κ1) is 21.7. The van der Waals surface area contributed by atoms with E-state index in [9.17, 15) is 0 Å². The number of fused-ring (bicyclic) bond motifs is 4. The summed E-state index contributed by atoms with van der Waals surface area (Å²) in [5.74, 6) is 3.72. The maximum absolute atomic E-state index is 2.52. The van der Waals surface area contributed by atoms with Gasteiger partial charge in [0.2, 0.25) is 5.69 Å². The van der Waals surface area contributed by atoms with Crippen LogP contribution in [0.5, 0.6) is 0 Å². The number of aromatic nitrogens is 1. The van der Waals surface area contributed by atoms with E-state index in [4.69, 9.17) is 0 Å². The normalized spacial score (nSPS) is 22.9. The zero-order valence-electron chi connectivity index (χ0n) is 20.9. The first-order valence-corrected chi connectivity index (χ1v) is 12.9. The van der Waals surface area contributed by atoms with E-state index in [0.717, 1.165) is 17.8 Å². The average Bonchev–Trinajstić information content (AvgIpc) is 2.79. The third-order valence-corrected chi connectivity index (χ3v) is 8.65. The summed E-state index contributed by atoms with van der Waals surface area (Å²) >= 11 is 0. The molecule has 0 N–H and O–H groups in total. The highest BCUT2D eigenvalue weighted by Crippen LogP contribution is 2.50. The molecule has 3 aromatic rings. The molecule has 0 saturated heterocycles. The third-order valence-electron chi connectivity index (χ3n) is 8.65. The number of pyridine rings is 1. The predicted molar refractivity (Wildman–Crippen MR) is 136 cm³/mol. The summed E-state index contributed by atoms with van der Waals surface area (Å²) in [5.41, 5.74) is 8.71. The Labute approximate surface area is 194 Å². The molecule has 1 aromatic heterocycles. The van der Waals surface area contributed by atoms with Crippen LogP contribution >= 0.6 is 0 Å². The summed E-state index contributed by atoms with van der Waals surface area (Å²) in [6.45, 7) is 11.6. The third kappa shape index (κ3) is 3.68. The van der Waals surface area contributed by atoms with E-state index in [1.807, 2.05) is 0 Å². The van der Waals surface area contributed by atoms with Gasteiger partial charge < -0.3 is 0 Å². The van der Waals surface area contributed by atoms with Gasteiger partial charge in [0.05, 0.1) is 10.9 Å². The van der Waals surface area contributed by atoms with Crippen molar-refractivity contribution in [1.82, 2.24) is 0 Å². The van der Waals surface area contributed by atoms with Gasteiger partial charge in [-0.1, -0.05) is 58.7 Å². The molecular weight excluding hydrogens is 386 g/mol. The molecule has 2 aromatic carbocycles. The Balaban J connectivity index is 1.66. The summed E-state index contributed by atoms with van der Waals surface area (Å²) in [4.78, 5) is 0. The molecule has 0 aliphatic heterocycles. The van der Waals surface area contributed by atoms with Gasteiger partial charge >= 0.3 is 0 Å². The van der Waals surface area contributed by atoms with Gasteiger partial charge in [-0.15, -0.1) is 0 Å². The molecule has 0 radical (unpaired) electrons. The van der Waals surface area contributed by atoms with Gasteiger partial charge in [-0.3, -0.25) is 0 Å². The number of nitrogens with zero attached hydrogens (tertiary/aromatic N) is 1. The summed E-state index contributed by atoms with van der Waals surface area (Å²) in [6.07, 6.45) is 9.52. The Morgan fingerprint density at radius 1 is 0.875 bits per heavy atom. The molecule has 32 heavy (non-hydrogen) atoms. The van der Waals surface area contributed by atoms with Gasteiger partial charge in [-0.2, -0.15) is 0 Å². The number of hydrogen-bond donors (Lipinski definition) is 0. The van der Waals surface area contributed by atoms with Crippen molar-refractivity contribution in [3.63, 3.8) is 0 Å². The molecule has 1 heterocycles. The number of benzene rings is 2. The monoisotopic (exact) mass is 426 g/mol.